The molecule has 138 valence electrons. The molecule has 0 spiro atoms. The molecular formula is C17H16N6O3S. The van der Waals surface area contributed by atoms with Crippen LogP contribution in [0.15, 0.2) is 49.1 Å². The van der Waals surface area contributed by atoms with Crippen LogP contribution < -0.4 is 9.62 Å². The van der Waals surface area contributed by atoms with E-state index in [-0.39, 0.29) is 18.4 Å². The number of fused-ring (bicyclic) bond motifs is 1. The highest BCUT2D eigenvalue weighted by molar-refractivity contribution is 7.92. The molecule has 1 unspecified atom stereocenters. The van der Waals surface area contributed by atoms with Gasteiger partial charge in [0.2, 0.25) is 10.0 Å². The van der Waals surface area contributed by atoms with E-state index in [0.717, 1.165) is 6.26 Å². The van der Waals surface area contributed by atoms with E-state index in [9.17, 15) is 13.2 Å². The molecule has 9 nitrogen and oxygen atoms in total. The summed E-state index contributed by atoms with van der Waals surface area (Å²) < 4.78 is 25.6. The van der Waals surface area contributed by atoms with Gasteiger partial charge in [-0.15, -0.1) is 0 Å². The van der Waals surface area contributed by atoms with Crippen LogP contribution in [0.5, 0.6) is 0 Å². The Balaban J connectivity index is 1.72. The molecule has 0 fully saturated rings. The number of benzene rings is 1. The summed E-state index contributed by atoms with van der Waals surface area (Å²) in [7, 11) is -3.46. The number of amides is 1. The average molecular weight is 384 g/mol. The number of carbonyl (C=O) groups excluding carboxylic acids is 1. The van der Waals surface area contributed by atoms with Crippen molar-refractivity contribution < 1.29 is 13.2 Å². The molecule has 0 aliphatic carbocycles. The van der Waals surface area contributed by atoms with Gasteiger partial charge in [0.05, 0.1) is 29.7 Å². The molecule has 0 saturated heterocycles. The minimum absolute atomic E-state index is 0.205. The Morgan fingerprint density at radius 2 is 2.19 bits per heavy atom. The summed E-state index contributed by atoms with van der Waals surface area (Å²) in [4.78, 5) is 20.7. The number of nitrogens with zero attached hydrogens (tertiary/aromatic N) is 4. The number of aromatic amines is 1. The minimum atomic E-state index is -3.46. The van der Waals surface area contributed by atoms with E-state index < -0.39 is 10.0 Å². The zero-order valence-electron chi connectivity index (χ0n) is 14.3. The highest BCUT2D eigenvalue weighted by atomic mass is 32.2. The zero-order valence-corrected chi connectivity index (χ0v) is 15.1. The molecule has 2 N–H and O–H groups in total. The number of hydrogen-bond acceptors (Lipinski definition) is 6. The molecule has 3 aromatic rings. The van der Waals surface area contributed by atoms with Crippen molar-refractivity contribution in [3.05, 3.63) is 66.0 Å². The second-order valence-corrected chi connectivity index (χ2v) is 8.09. The fourth-order valence-corrected chi connectivity index (χ4v) is 4.08. The van der Waals surface area contributed by atoms with Gasteiger partial charge in [0.1, 0.15) is 12.2 Å². The van der Waals surface area contributed by atoms with Gasteiger partial charge in [0.25, 0.3) is 5.91 Å². The molecule has 0 bridgehead atoms. The van der Waals surface area contributed by atoms with Crippen LogP contribution in [-0.4, -0.2) is 47.3 Å². The topological polar surface area (TPSA) is 121 Å². The van der Waals surface area contributed by atoms with E-state index in [2.05, 4.69) is 25.5 Å². The second kappa shape index (κ2) is 6.47. The van der Waals surface area contributed by atoms with Crippen molar-refractivity contribution in [2.75, 3.05) is 22.4 Å². The van der Waals surface area contributed by atoms with Crippen molar-refractivity contribution >= 4 is 27.3 Å². The van der Waals surface area contributed by atoms with Gasteiger partial charge >= 0.3 is 0 Å². The molecule has 1 amide bonds. The van der Waals surface area contributed by atoms with Gasteiger partial charge in [-0.25, -0.2) is 13.4 Å². The molecule has 2 aromatic heterocycles. The van der Waals surface area contributed by atoms with Crippen LogP contribution in [0.1, 0.15) is 27.7 Å². The third kappa shape index (κ3) is 3.26. The standard InChI is InChI=1S/C17H16N6O3S/c1-27(25,26)23-9-14(16-19-10-20-22-16)13-7-11(4-5-15(13)23)17(24)21-12-3-2-6-18-8-12/h2-8,10,14H,9H2,1H3,(H,21,24)(H,19,20,22). The number of hydrogen-bond donors (Lipinski definition) is 2. The Morgan fingerprint density at radius 3 is 2.85 bits per heavy atom. The van der Waals surface area contributed by atoms with E-state index in [1.807, 2.05) is 0 Å². The van der Waals surface area contributed by atoms with Gasteiger partial charge in [-0.3, -0.25) is 19.2 Å². The quantitative estimate of drug-likeness (QED) is 0.701. The first-order valence-electron chi connectivity index (χ1n) is 8.12. The van der Waals surface area contributed by atoms with Crippen molar-refractivity contribution in [3.63, 3.8) is 0 Å². The minimum Gasteiger partial charge on any atom is -0.321 e. The number of sulfonamides is 1. The summed E-state index contributed by atoms with van der Waals surface area (Å²) >= 11 is 0. The molecule has 1 atom stereocenters. The fourth-order valence-electron chi connectivity index (χ4n) is 3.14. The first-order valence-corrected chi connectivity index (χ1v) is 9.96. The first kappa shape index (κ1) is 17.2. The maximum absolute atomic E-state index is 12.6. The smallest absolute Gasteiger partial charge is 0.255 e. The molecule has 1 aliphatic rings. The highest BCUT2D eigenvalue weighted by Gasteiger charge is 2.36. The van der Waals surface area contributed by atoms with Gasteiger partial charge < -0.3 is 5.32 Å². The lowest BCUT2D eigenvalue weighted by Gasteiger charge is -2.16. The summed E-state index contributed by atoms with van der Waals surface area (Å²) in [5.74, 6) is -0.0875. The lowest BCUT2D eigenvalue weighted by molar-refractivity contribution is 0.102. The third-order valence-corrected chi connectivity index (χ3v) is 5.51. The lowest BCUT2D eigenvalue weighted by atomic mass is 9.98. The predicted molar refractivity (Wildman–Crippen MR) is 99.0 cm³/mol. The van der Waals surface area contributed by atoms with Gasteiger partial charge in [0, 0.05) is 18.3 Å². The predicted octanol–water partition coefficient (Wildman–Crippen LogP) is 1.36. The average Bonchev–Trinajstić information content (AvgIpc) is 3.29. The maximum Gasteiger partial charge on any atom is 0.255 e. The van der Waals surface area contributed by atoms with Crippen molar-refractivity contribution in [3.8, 4) is 0 Å². The Hall–Kier alpha value is -3.27. The summed E-state index contributed by atoms with van der Waals surface area (Å²) in [6, 6.07) is 8.40. The molecule has 27 heavy (non-hydrogen) atoms. The molecule has 1 aromatic carbocycles. The number of anilines is 2. The van der Waals surface area contributed by atoms with Gasteiger partial charge in [-0.1, -0.05) is 0 Å². The number of carbonyl (C=O) groups is 1. The van der Waals surface area contributed by atoms with Gasteiger partial charge in [-0.05, 0) is 35.9 Å². The summed E-state index contributed by atoms with van der Waals surface area (Å²) in [5.41, 5.74) is 2.23. The molecule has 10 heteroatoms. The number of nitrogens with one attached hydrogen (secondary N) is 2. The molecule has 3 heterocycles. The lowest BCUT2D eigenvalue weighted by Crippen LogP contribution is -2.29. The Labute approximate surface area is 155 Å². The van der Waals surface area contributed by atoms with Gasteiger partial charge in [-0.2, -0.15) is 5.10 Å². The van der Waals surface area contributed by atoms with Crippen LogP contribution in [0, 0.1) is 0 Å². The first-order chi connectivity index (χ1) is 12.9. The SMILES string of the molecule is CS(=O)(=O)N1CC(c2ncn[nH]2)c2cc(C(=O)Nc3cccnc3)ccc21. The zero-order chi connectivity index (χ0) is 19.0. The Kier molecular flexibility index (Phi) is 4.11. The summed E-state index contributed by atoms with van der Waals surface area (Å²) in [6.07, 6.45) is 5.69. The van der Waals surface area contributed by atoms with Crippen molar-refractivity contribution in [2.45, 2.75) is 5.92 Å². The monoisotopic (exact) mass is 384 g/mol. The fraction of sp³-hybridized carbons (Fsp3) is 0.176. The number of H-pyrrole nitrogens is 1. The van der Waals surface area contributed by atoms with Gasteiger partial charge in [0.15, 0.2) is 0 Å². The summed E-state index contributed by atoms with van der Waals surface area (Å²) in [5, 5.41) is 9.41. The van der Waals surface area contributed by atoms with Crippen LogP contribution in [-0.2, 0) is 10.0 Å². The van der Waals surface area contributed by atoms with E-state index in [1.165, 1.54) is 10.6 Å². The van der Waals surface area contributed by atoms with Crippen molar-refractivity contribution in [1.82, 2.24) is 20.2 Å². The highest BCUT2D eigenvalue weighted by Crippen LogP contribution is 2.40. The van der Waals surface area contributed by atoms with E-state index >= 15 is 0 Å². The Bertz CT molecular complexity index is 1080. The van der Waals surface area contributed by atoms with Crippen LogP contribution >= 0.6 is 0 Å². The van der Waals surface area contributed by atoms with Crippen LogP contribution in [0.3, 0.4) is 0 Å². The van der Waals surface area contributed by atoms with Crippen molar-refractivity contribution in [1.29, 1.82) is 0 Å². The third-order valence-electron chi connectivity index (χ3n) is 4.37. The van der Waals surface area contributed by atoms with Crippen molar-refractivity contribution in [2.24, 2.45) is 0 Å². The summed E-state index contributed by atoms with van der Waals surface area (Å²) in [6.45, 7) is 0.205. The van der Waals surface area contributed by atoms with Crippen LogP contribution in [0.25, 0.3) is 0 Å². The number of pyridine rings is 1. The Morgan fingerprint density at radius 1 is 1.33 bits per heavy atom. The molecular weight excluding hydrogens is 368 g/mol. The van der Waals surface area contributed by atoms with Crippen LogP contribution in [0.4, 0.5) is 11.4 Å². The van der Waals surface area contributed by atoms with E-state index in [4.69, 9.17) is 0 Å². The number of rotatable bonds is 4. The molecule has 0 saturated carbocycles. The largest absolute Gasteiger partial charge is 0.321 e. The van der Waals surface area contributed by atoms with E-state index in [0.29, 0.717) is 28.3 Å². The second-order valence-electron chi connectivity index (χ2n) is 6.19. The molecule has 4 rings (SSSR count). The van der Waals surface area contributed by atoms with E-state index in [1.54, 1.807) is 42.7 Å². The normalized spacial score (nSPS) is 16.2. The number of aromatic nitrogens is 4. The van der Waals surface area contributed by atoms with Crippen LogP contribution in [0.2, 0.25) is 0 Å². The molecule has 1 aliphatic heterocycles. The maximum atomic E-state index is 12.6. The molecule has 0 radical (unpaired) electrons.